The molecule has 4 nitrogen and oxygen atoms in total. The van der Waals surface area contributed by atoms with Crippen LogP contribution in [0.25, 0.3) is 10.2 Å². The maximum Gasteiger partial charge on any atom is 0.290 e. The highest BCUT2D eigenvalue weighted by Gasteiger charge is 2.17. The molecule has 0 aliphatic rings. The van der Waals surface area contributed by atoms with Gasteiger partial charge in [-0.05, 0) is 6.07 Å². The molecule has 0 aliphatic carbocycles. The fourth-order valence-electron chi connectivity index (χ4n) is 1.07. The predicted octanol–water partition coefficient (Wildman–Crippen LogP) is 3.51. The second kappa shape index (κ2) is 3.34. The standard InChI is InChI=1S/C7H2Cl2N2O2S/c8-5-3(11(12)13)1-2-4-6(5)10-7(9)14-4/h1-2H. The van der Waals surface area contributed by atoms with Crippen molar-refractivity contribution in [3.05, 3.63) is 31.7 Å². The Hall–Kier alpha value is -0.910. The van der Waals surface area contributed by atoms with E-state index in [4.69, 9.17) is 23.2 Å². The van der Waals surface area contributed by atoms with Gasteiger partial charge in [0.2, 0.25) is 0 Å². The largest absolute Gasteiger partial charge is 0.290 e. The van der Waals surface area contributed by atoms with Crippen molar-refractivity contribution in [2.24, 2.45) is 0 Å². The van der Waals surface area contributed by atoms with Crippen LogP contribution >= 0.6 is 34.5 Å². The number of benzene rings is 1. The molecular weight excluding hydrogens is 247 g/mol. The Kier molecular flexibility index (Phi) is 2.30. The van der Waals surface area contributed by atoms with Crippen LogP contribution in [0.2, 0.25) is 9.49 Å². The molecule has 0 bridgehead atoms. The Morgan fingerprint density at radius 1 is 1.43 bits per heavy atom. The van der Waals surface area contributed by atoms with E-state index in [9.17, 15) is 10.1 Å². The van der Waals surface area contributed by atoms with E-state index >= 15 is 0 Å². The van der Waals surface area contributed by atoms with E-state index in [1.165, 1.54) is 17.4 Å². The average Bonchev–Trinajstić information content (AvgIpc) is 2.46. The van der Waals surface area contributed by atoms with E-state index in [-0.39, 0.29) is 10.7 Å². The summed E-state index contributed by atoms with van der Waals surface area (Å²) in [6.07, 6.45) is 0. The Morgan fingerprint density at radius 3 is 2.79 bits per heavy atom. The minimum atomic E-state index is -0.547. The Bertz CT molecular complexity index is 526. The Morgan fingerprint density at radius 2 is 2.14 bits per heavy atom. The molecule has 0 fully saturated rings. The molecule has 1 heterocycles. The molecule has 0 atom stereocenters. The van der Waals surface area contributed by atoms with Gasteiger partial charge in [0.15, 0.2) is 4.47 Å². The van der Waals surface area contributed by atoms with Gasteiger partial charge < -0.3 is 0 Å². The smallest absolute Gasteiger partial charge is 0.258 e. The van der Waals surface area contributed by atoms with Crippen LogP contribution in [-0.4, -0.2) is 9.91 Å². The molecule has 2 rings (SSSR count). The zero-order valence-electron chi connectivity index (χ0n) is 6.53. The predicted molar refractivity (Wildman–Crippen MR) is 56.3 cm³/mol. The first-order valence-electron chi connectivity index (χ1n) is 3.48. The van der Waals surface area contributed by atoms with Crippen molar-refractivity contribution in [1.29, 1.82) is 0 Å². The molecular formula is C7H2Cl2N2O2S. The van der Waals surface area contributed by atoms with Crippen molar-refractivity contribution in [2.75, 3.05) is 0 Å². The summed E-state index contributed by atoms with van der Waals surface area (Å²) in [4.78, 5) is 13.9. The van der Waals surface area contributed by atoms with Gasteiger partial charge in [0.05, 0.1) is 9.62 Å². The molecule has 0 aliphatic heterocycles. The van der Waals surface area contributed by atoms with E-state index in [2.05, 4.69) is 4.98 Å². The lowest BCUT2D eigenvalue weighted by Crippen LogP contribution is -1.88. The van der Waals surface area contributed by atoms with Crippen LogP contribution in [0.15, 0.2) is 12.1 Å². The van der Waals surface area contributed by atoms with Gasteiger partial charge in [-0.3, -0.25) is 10.1 Å². The Labute approximate surface area is 92.2 Å². The second-order valence-corrected chi connectivity index (χ2v) is 4.46. The topological polar surface area (TPSA) is 56.0 Å². The molecule has 72 valence electrons. The average molecular weight is 249 g/mol. The van der Waals surface area contributed by atoms with Gasteiger partial charge >= 0.3 is 0 Å². The van der Waals surface area contributed by atoms with Crippen LogP contribution in [0.4, 0.5) is 5.69 Å². The van der Waals surface area contributed by atoms with Crippen LogP contribution in [0, 0.1) is 10.1 Å². The first-order valence-corrected chi connectivity index (χ1v) is 5.06. The lowest BCUT2D eigenvalue weighted by atomic mass is 10.3. The molecule has 2 aromatic rings. The zero-order chi connectivity index (χ0) is 10.3. The van der Waals surface area contributed by atoms with Gasteiger partial charge in [-0.2, -0.15) is 0 Å². The monoisotopic (exact) mass is 248 g/mol. The number of nitro benzene ring substituents is 1. The molecule has 0 unspecified atom stereocenters. The minimum Gasteiger partial charge on any atom is -0.258 e. The molecule has 0 amide bonds. The number of nitrogens with zero attached hydrogens (tertiary/aromatic N) is 2. The highest BCUT2D eigenvalue weighted by atomic mass is 35.5. The van der Waals surface area contributed by atoms with Crippen LogP contribution in [-0.2, 0) is 0 Å². The second-order valence-electron chi connectivity index (χ2n) is 2.47. The van der Waals surface area contributed by atoms with Gasteiger partial charge in [-0.25, -0.2) is 4.98 Å². The number of rotatable bonds is 1. The molecule has 1 aromatic carbocycles. The number of hydrogen-bond acceptors (Lipinski definition) is 4. The molecule has 0 saturated carbocycles. The maximum atomic E-state index is 10.5. The van der Waals surface area contributed by atoms with E-state index in [0.29, 0.717) is 9.98 Å². The quantitative estimate of drug-likeness (QED) is 0.573. The van der Waals surface area contributed by atoms with E-state index in [1.54, 1.807) is 6.07 Å². The minimum absolute atomic E-state index is 0.0376. The van der Waals surface area contributed by atoms with Crippen molar-refractivity contribution in [2.45, 2.75) is 0 Å². The summed E-state index contributed by atoms with van der Waals surface area (Å²) in [7, 11) is 0. The lowest BCUT2D eigenvalue weighted by molar-refractivity contribution is -0.384. The third-order valence-corrected chi connectivity index (χ3v) is 3.15. The van der Waals surface area contributed by atoms with Crippen molar-refractivity contribution in [3.8, 4) is 0 Å². The number of hydrogen-bond donors (Lipinski definition) is 0. The molecule has 0 saturated heterocycles. The first kappa shape index (κ1) is 9.64. The number of nitro groups is 1. The normalized spacial score (nSPS) is 10.7. The van der Waals surface area contributed by atoms with Crippen LogP contribution < -0.4 is 0 Å². The van der Waals surface area contributed by atoms with Crippen LogP contribution in [0.1, 0.15) is 0 Å². The molecule has 0 radical (unpaired) electrons. The molecule has 0 N–H and O–H groups in total. The van der Waals surface area contributed by atoms with Gasteiger partial charge in [0, 0.05) is 6.07 Å². The lowest BCUT2D eigenvalue weighted by Gasteiger charge is -1.94. The summed E-state index contributed by atoms with van der Waals surface area (Å²) >= 11 is 12.7. The number of aromatic nitrogens is 1. The van der Waals surface area contributed by atoms with Crippen molar-refractivity contribution < 1.29 is 4.92 Å². The third kappa shape index (κ3) is 1.43. The van der Waals surface area contributed by atoms with E-state index in [1.807, 2.05) is 0 Å². The third-order valence-electron chi connectivity index (χ3n) is 1.65. The maximum absolute atomic E-state index is 10.5. The summed E-state index contributed by atoms with van der Waals surface area (Å²) in [5.74, 6) is 0. The van der Waals surface area contributed by atoms with Crippen molar-refractivity contribution in [1.82, 2.24) is 4.98 Å². The van der Waals surface area contributed by atoms with Crippen molar-refractivity contribution >= 4 is 50.4 Å². The summed E-state index contributed by atoms with van der Waals surface area (Å²) in [5.41, 5.74) is 0.233. The Balaban J connectivity index is 2.80. The van der Waals surface area contributed by atoms with E-state index in [0.717, 1.165) is 4.70 Å². The summed E-state index contributed by atoms with van der Waals surface area (Å²) < 4.78 is 1.06. The summed E-state index contributed by atoms with van der Waals surface area (Å²) in [6.45, 7) is 0. The fourth-order valence-corrected chi connectivity index (χ4v) is 2.43. The van der Waals surface area contributed by atoms with Crippen LogP contribution in [0.3, 0.4) is 0 Å². The van der Waals surface area contributed by atoms with Gasteiger partial charge in [0.25, 0.3) is 5.69 Å². The fraction of sp³-hybridized carbons (Fsp3) is 0. The molecule has 7 heteroatoms. The highest BCUT2D eigenvalue weighted by molar-refractivity contribution is 7.22. The van der Waals surface area contributed by atoms with Crippen LogP contribution in [0.5, 0.6) is 0 Å². The molecule has 0 spiro atoms. The van der Waals surface area contributed by atoms with Gasteiger partial charge in [-0.15, -0.1) is 11.3 Å². The number of thiazole rings is 1. The summed E-state index contributed by atoms with van der Waals surface area (Å²) in [6, 6.07) is 2.93. The number of halogens is 2. The SMILES string of the molecule is O=[N+]([O-])c1ccc2sc(Cl)nc2c1Cl. The summed E-state index contributed by atoms with van der Waals surface area (Å²) in [5, 5.41) is 10.6. The number of fused-ring (bicyclic) bond motifs is 1. The first-order chi connectivity index (χ1) is 6.59. The highest BCUT2D eigenvalue weighted by Crippen LogP contribution is 2.36. The molecule has 14 heavy (non-hydrogen) atoms. The van der Waals surface area contributed by atoms with Gasteiger partial charge in [0.1, 0.15) is 10.5 Å². The zero-order valence-corrected chi connectivity index (χ0v) is 8.86. The van der Waals surface area contributed by atoms with Gasteiger partial charge in [-0.1, -0.05) is 23.2 Å². The van der Waals surface area contributed by atoms with Crippen molar-refractivity contribution in [3.63, 3.8) is 0 Å². The molecule has 1 aromatic heterocycles. The van der Waals surface area contributed by atoms with E-state index < -0.39 is 4.92 Å².